The van der Waals surface area contributed by atoms with Crippen molar-refractivity contribution in [2.75, 3.05) is 0 Å². The Morgan fingerprint density at radius 3 is 2.79 bits per heavy atom. The number of aryl methyl sites for hydroxylation is 1. The molecule has 0 fully saturated rings. The van der Waals surface area contributed by atoms with Gasteiger partial charge in [0.05, 0.1) is 5.69 Å². The molecule has 94 valence electrons. The Hall–Kier alpha value is -1.90. The number of benzene rings is 1. The average molecular weight is 289 g/mol. The van der Waals surface area contributed by atoms with Gasteiger partial charge in [-0.15, -0.1) is 0 Å². The molecule has 0 spiro atoms. The molecule has 0 amide bonds. The highest BCUT2D eigenvalue weighted by Crippen LogP contribution is 2.21. The molecule has 3 rings (SSSR count). The summed E-state index contributed by atoms with van der Waals surface area (Å²) in [6.45, 7) is 1.82. The molecule has 3 aromatic rings. The van der Waals surface area contributed by atoms with E-state index in [0.717, 1.165) is 32.7 Å². The van der Waals surface area contributed by atoms with Gasteiger partial charge in [-0.3, -0.25) is 0 Å². The molecule has 0 aliphatic carbocycles. The summed E-state index contributed by atoms with van der Waals surface area (Å²) in [4.78, 5) is 5.10. The van der Waals surface area contributed by atoms with Crippen LogP contribution in [0.25, 0.3) is 4.96 Å². The zero-order valence-electron chi connectivity index (χ0n) is 10.1. The summed E-state index contributed by atoms with van der Waals surface area (Å²) in [5.41, 5.74) is 2.37. The van der Waals surface area contributed by atoms with Gasteiger partial charge >= 0.3 is 0 Å². The van der Waals surface area contributed by atoms with E-state index in [2.05, 4.69) is 16.2 Å². The summed E-state index contributed by atoms with van der Waals surface area (Å²) in [5.74, 6) is 0. The van der Waals surface area contributed by atoms with Crippen molar-refractivity contribution in [3.63, 3.8) is 0 Å². The van der Waals surface area contributed by atoms with E-state index in [9.17, 15) is 0 Å². The Kier molecular flexibility index (Phi) is 2.97. The molecule has 0 aliphatic heterocycles. The van der Waals surface area contributed by atoms with E-state index in [-0.39, 0.29) is 0 Å². The van der Waals surface area contributed by atoms with E-state index in [0.29, 0.717) is 5.69 Å². The Labute approximate surface area is 118 Å². The topological polar surface area (TPSA) is 54.0 Å². The summed E-state index contributed by atoms with van der Waals surface area (Å²) in [5, 5.41) is 15.2. The molecule has 4 nitrogen and oxygen atoms in total. The summed E-state index contributed by atoms with van der Waals surface area (Å²) >= 11 is 7.36. The SMILES string of the molecule is Cc1nc2sc(Cc3ccc(Cl)cc3)nn2c1C#N. The first kappa shape index (κ1) is 12.2. The molecule has 0 atom stereocenters. The van der Waals surface area contributed by atoms with E-state index in [1.165, 1.54) is 11.3 Å². The molecule has 2 aromatic heterocycles. The maximum absolute atomic E-state index is 9.07. The zero-order valence-corrected chi connectivity index (χ0v) is 11.7. The van der Waals surface area contributed by atoms with Crippen LogP contribution in [0, 0.1) is 18.3 Å². The normalized spacial score (nSPS) is 10.8. The smallest absolute Gasteiger partial charge is 0.213 e. The summed E-state index contributed by atoms with van der Waals surface area (Å²) in [6, 6.07) is 9.80. The van der Waals surface area contributed by atoms with Crippen molar-refractivity contribution in [2.45, 2.75) is 13.3 Å². The van der Waals surface area contributed by atoms with Gasteiger partial charge < -0.3 is 0 Å². The number of rotatable bonds is 2. The van der Waals surface area contributed by atoms with Gasteiger partial charge in [-0.2, -0.15) is 14.9 Å². The lowest BCUT2D eigenvalue weighted by Crippen LogP contribution is -1.93. The van der Waals surface area contributed by atoms with Gasteiger partial charge in [0.15, 0.2) is 5.69 Å². The van der Waals surface area contributed by atoms with Gasteiger partial charge in [-0.25, -0.2) is 4.98 Å². The third kappa shape index (κ3) is 2.21. The minimum Gasteiger partial charge on any atom is -0.221 e. The number of fused-ring (bicyclic) bond motifs is 1. The van der Waals surface area contributed by atoms with Gasteiger partial charge in [-0.05, 0) is 24.6 Å². The van der Waals surface area contributed by atoms with E-state index in [1.807, 2.05) is 31.2 Å². The first-order chi connectivity index (χ1) is 9.17. The minimum atomic E-state index is 0.508. The first-order valence-electron chi connectivity index (χ1n) is 5.67. The third-order valence-corrected chi connectivity index (χ3v) is 3.95. The predicted molar refractivity (Wildman–Crippen MR) is 74.6 cm³/mol. The lowest BCUT2D eigenvalue weighted by atomic mass is 10.2. The predicted octanol–water partition coefficient (Wildman–Crippen LogP) is 3.22. The third-order valence-electron chi connectivity index (χ3n) is 2.79. The maximum atomic E-state index is 9.07. The second-order valence-corrected chi connectivity index (χ2v) is 5.63. The van der Waals surface area contributed by atoms with E-state index < -0.39 is 0 Å². The van der Waals surface area contributed by atoms with Crippen molar-refractivity contribution in [3.05, 3.63) is 51.2 Å². The molecule has 6 heteroatoms. The van der Waals surface area contributed by atoms with Crippen LogP contribution in [0.3, 0.4) is 0 Å². The number of halogens is 1. The van der Waals surface area contributed by atoms with E-state index in [1.54, 1.807) is 4.52 Å². The maximum Gasteiger partial charge on any atom is 0.213 e. The fourth-order valence-corrected chi connectivity index (χ4v) is 2.96. The zero-order chi connectivity index (χ0) is 13.4. The monoisotopic (exact) mass is 288 g/mol. The Bertz CT molecular complexity index is 779. The first-order valence-corrected chi connectivity index (χ1v) is 6.86. The number of hydrogen-bond donors (Lipinski definition) is 0. The molecule has 0 saturated carbocycles. The van der Waals surface area contributed by atoms with Gasteiger partial charge in [0.2, 0.25) is 4.96 Å². The molecular formula is C13H9ClN4S. The standard InChI is InChI=1S/C13H9ClN4S/c1-8-11(7-15)18-13(16-8)19-12(17-18)6-9-2-4-10(14)5-3-9/h2-5H,6H2,1H3. The van der Waals surface area contributed by atoms with Gasteiger partial charge in [0, 0.05) is 11.4 Å². The van der Waals surface area contributed by atoms with Crippen LogP contribution in [0.15, 0.2) is 24.3 Å². The minimum absolute atomic E-state index is 0.508. The number of nitrogens with zero attached hydrogens (tertiary/aromatic N) is 4. The molecule has 0 bridgehead atoms. The Morgan fingerprint density at radius 1 is 1.37 bits per heavy atom. The van der Waals surface area contributed by atoms with Crippen LogP contribution in [0.1, 0.15) is 22.0 Å². The molecule has 19 heavy (non-hydrogen) atoms. The molecule has 0 N–H and O–H groups in total. The molecular weight excluding hydrogens is 280 g/mol. The van der Waals surface area contributed by atoms with Crippen molar-refractivity contribution >= 4 is 27.9 Å². The van der Waals surface area contributed by atoms with Crippen LogP contribution in [0.5, 0.6) is 0 Å². The highest BCUT2D eigenvalue weighted by atomic mass is 35.5. The molecule has 0 aliphatic rings. The van der Waals surface area contributed by atoms with Crippen molar-refractivity contribution in [3.8, 4) is 6.07 Å². The van der Waals surface area contributed by atoms with Crippen LogP contribution in [0.2, 0.25) is 5.02 Å². The largest absolute Gasteiger partial charge is 0.221 e. The summed E-state index contributed by atoms with van der Waals surface area (Å²) in [6.07, 6.45) is 0.717. The quantitative estimate of drug-likeness (QED) is 0.727. The molecule has 1 aromatic carbocycles. The fourth-order valence-electron chi connectivity index (χ4n) is 1.87. The van der Waals surface area contributed by atoms with Gasteiger partial charge in [0.25, 0.3) is 0 Å². The summed E-state index contributed by atoms with van der Waals surface area (Å²) in [7, 11) is 0. The van der Waals surface area contributed by atoms with Crippen LogP contribution < -0.4 is 0 Å². The van der Waals surface area contributed by atoms with E-state index in [4.69, 9.17) is 16.9 Å². The molecule has 0 saturated heterocycles. The highest BCUT2D eigenvalue weighted by Gasteiger charge is 2.13. The lowest BCUT2D eigenvalue weighted by molar-refractivity contribution is 0.905. The lowest BCUT2D eigenvalue weighted by Gasteiger charge is -1.97. The van der Waals surface area contributed by atoms with Crippen LogP contribution in [-0.2, 0) is 6.42 Å². The second kappa shape index (κ2) is 4.65. The average Bonchev–Trinajstić information content (AvgIpc) is 2.88. The molecule has 0 unspecified atom stereocenters. The number of hydrogen-bond acceptors (Lipinski definition) is 4. The van der Waals surface area contributed by atoms with E-state index >= 15 is 0 Å². The number of nitriles is 1. The fraction of sp³-hybridized carbons (Fsp3) is 0.154. The van der Waals surface area contributed by atoms with Crippen molar-refractivity contribution in [2.24, 2.45) is 0 Å². The summed E-state index contributed by atoms with van der Waals surface area (Å²) < 4.78 is 1.62. The van der Waals surface area contributed by atoms with Crippen LogP contribution in [-0.4, -0.2) is 14.6 Å². The van der Waals surface area contributed by atoms with Gasteiger partial charge in [-0.1, -0.05) is 35.1 Å². The molecule has 0 radical (unpaired) electrons. The Morgan fingerprint density at radius 2 is 2.11 bits per heavy atom. The second-order valence-electron chi connectivity index (χ2n) is 4.15. The van der Waals surface area contributed by atoms with Crippen molar-refractivity contribution < 1.29 is 0 Å². The van der Waals surface area contributed by atoms with Crippen molar-refractivity contribution in [1.82, 2.24) is 14.6 Å². The number of aromatic nitrogens is 3. The van der Waals surface area contributed by atoms with Crippen LogP contribution >= 0.6 is 22.9 Å². The molecule has 2 heterocycles. The van der Waals surface area contributed by atoms with Gasteiger partial charge in [0.1, 0.15) is 11.1 Å². The highest BCUT2D eigenvalue weighted by molar-refractivity contribution is 7.16. The number of imidazole rings is 1. The Balaban J connectivity index is 1.96. The van der Waals surface area contributed by atoms with Crippen molar-refractivity contribution in [1.29, 1.82) is 5.26 Å². The van der Waals surface area contributed by atoms with Crippen LogP contribution in [0.4, 0.5) is 0 Å².